The molecule has 114 valence electrons. The Morgan fingerprint density at radius 3 is 2.62 bits per heavy atom. The second kappa shape index (κ2) is 7.22. The molecule has 1 fully saturated rings. The van der Waals surface area contributed by atoms with E-state index in [1.807, 2.05) is 37.3 Å². The second-order valence-electron chi connectivity index (χ2n) is 5.52. The SMILES string of the molecule is COC(=O)C(Cc1ccccc1)NC(=O)C1CNCC1C. The van der Waals surface area contributed by atoms with E-state index in [0.717, 1.165) is 12.1 Å². The molecule has 1 heterocycles. The highest BCUT2D eigenvalue weighted by molar-refractivity contribution is 5.86. The first kappa shape index (κ1) is 15.5. The average Bonchev–Trinajstić information content (AvgIpc) is 2.93. The van der Waals surface area contributed by atoms with Crippen molar-refractivity contribution in [2.24, 2.45) is 11.8 Å². The van der Waals surface area contributed by atoms with Crippen molar-refractivity contribution in [1.29, 1.82) is 0 Å². The fraction of sp³-hybridized carbons (Fsp3) is 0.500. The summed E-state index contributed by atoms with van der Waals surface area (Å²) >= 11 is 0. The Hall–Kier alpha value is -1.88. The minimum absolute atomic E-state index is 0.0844. The number of carbonyl (C=O) groups is 2. The molecular formula is C16H22N2O3. The number of rotatable bonds is 5. The standard InChI is InChI=1S/C16H22N2O3/c1-11-9-17-10-13(11)15(19)18-14(16(20)21-2)8-12-6-4-3-5-7-12/h3-7,11,13-14,17H,8-10H2,1-2H3,(H,18,19). The van der Waals surface area contributed by atoms with Gasteiger partial charge in [-0.15, -0.1) is 0 Å². The highest BCUT2D eigenvalue weighted by Crippen LogP contribution is 2.16. The molecule has 1 saturated heterocycles. The third-order valence-electron chi connectivity index (χ3n) is 3.94. The van der Waals surface area contributed by atoms with Gasteiger partial charge in [0.1, 0.15) is 6.04 Å². The molecule has 3 atom stereocenters. The van der Waals surface area contributed by atoms with Crippen molar-refractivity contribution in [2.45, 2.75) is 19.4 Å². The van der Waals surface area contributed by atoms with Gasteiger partial charge in [-0.2, -0.15) is 0 Å². The van der Waals surface area contributed by atoms with Gasteiger partial charge in [-0.05, 0) is 18.0 Å². The summed E-state index contributed by atoms with van der Waals surface area (Å²) in [6.07, 6.45) is 0.438. The lowest BCUT2D eigenvalue weighted by molar-refractivity contribution is -0.145. The topological polar surface area (TPSA) is 67.4 Å². The number of amides is 1. The summed E-state index contributed by atoms with van der Waals surface area (Å²) in [5, 5.41) is 6.03. The monoisotopic (exact) mass is 290 g/mol. The van der Waals surface area contributed by atoms with E-state index in [2.05, 4.69) is 10.6 Å². The molecule has 5 heteroatoms. The van der Waals surface area contributed by atoms with Gasteiger partial charge < -0.3 is 15.4 Å². The number of benzene rings is 1. The average molecular weight is 290 g/mol. The zero-order valence-electron chi connectivity index (χ0n) is 12.5. The van der Waals surface area contributed by atoms with Crippen LogP contribution in [0.4, 0.5) is 0 Å². The number of hydrogen-bond acceptors (Lipinski definition) is 4. The van der Waals surface area contributed by atoms with Gasteiger partial charge in [0.05, 0.1) is 13.0 Å². The molecule has 1 aromatic carbocycles. The molecule has 21 heavy (non-hydrogen) atoms. The predicted molar refractivity (Wildman–Crippen MR) is 79.6 cm³/mol. The van der Waals surface area contributed by atoms with Crippen LogP contribution < -0.4 is 10.6 Å². The van der Waals surface area contributed by atoms with Crippen LogP contribution in [-0.2, 0) is 20.7 Å². The number of methoxy groups -OCH3 is 1. The third-order valence-corrected chi connectivity index (χ3v) is 3.94. The minimum atomic E-state index is -0.641. The first-order chi connectivity index (χ1) is 10.1. The molecule has 1 aliphatic rings. The van der Waals surface area contributed by atoms with E-state index in [1.54, 1.807) is 0 Å². The predicted octanol–water partition coefficient (Wildman–Crippen LogP) is 0.742. The van der Waals surface area contributed by atoms with E-state index in [1.165, 1.54) is 7.11 Å². The summed E-state index contributed by atoms with van der Waals surface area (Å²) in [5.74, 6) is -0.308. The van der Waals surface area contributed by atoms with Crippen LogP contribution in [0.1, 0.15) is 12.5 Å². The molecule has 2 rings (SSSR count). The van der Waals surface area contributed by atoms with E-state index >= 15 is 0 Å². The van der Waals surface area contributed by atoms with Crippen molar-refractivity contribution in [1.82, 2.24) is 10.6 Å². The zero-order valence-corrected chi connectivity index (χ0v) is 12.5. The van der Waals surface area contributed by atoms with Gasteiger partial charge in [-0.1, -0.05) is 37.3 Å². The Balaban J connectivity index is 2.02. The maximum atomic E-state index is 12.3. The first-order valence-corrected chi connectivity index (χ1v) is 7.24. The van der Waals surface area contributed by atoms with Crippen LogP contribution in [0.2, 0.25) is 0 Å². The fourth-order valence-corrected chi connectivity index (χ4v) is 2.63. The Morgan fingerprint density at radius 2 is 2.05 bits per heavy atom. The smallest absolute Gasteiger partial charge is 0.328 e. The molecule has 0 spiro atoms. The molecule has 0 aromatic heterocycles. The van der Waals surface area contributed by atoms with Crippen molar-refractivity contribution >= 4 is 11.9 Å². The van der Waals surface area contributed by atoms with Crippen molar-refractivity contribution in [2.75, 3.05) is 20.2 Å². The van der Waals surface area contributed by atoms with Gasteiger partial charge in [0.15, 0.2) is 0 Å². The fourth-order valence-electron chi connectivity index (χ4n) is 2.63. The quantitative estimate of drug-likeness (QED) is 0.785. The molecular weight excluding hydrogens is 268 g/mol. The van der Waals surface area contributed by atoms with Crippen molar-refractivity contribution in [3.8, 4) is 0 Å². The van der Waals surface area contributed by atoms with E-state index in [4.69, 9.17) is 4.74 Å². The van der Waals surface area contributed by atoms with E-state index in [9.17, 15) is 9.59 Å². The summed E-state index contributed by atoms with van der Waals surface area (Å²) in [5.41, 5.74) is 0.991. The van der Waals surface area contributed by atoms with Crippen LogP contribution >= 0.6 is 0 Å². The van der Waals surface area contributed by atoms with Crippen LogP contribution in [-0.4, -0.2) is 38.1 Å². The number of ether oxygens (including phenoxy) is 1. The number of carbonyl (C=O) groups excluding carboxylic acids is 2. The zero-order chi connectivity index (χ0) is 15.2. The second-order valence-corrected chi connectivity index (χ2v) is 5.52. The van der Waals surface area contributed by atoms with Crippen molar-refractivity contribution in [3.05, 3.63) is 35.9 Å². The van der Waals surface area contributed by atoms with Crippen LogP contribution in [0.5, 0.6) is 0 Å². The normalized spacial score (nSPS) is 22.6. The molecule has 5 nitrogen and oxygen atoms in total. The lowest BCUT2D eigenvalue weighted by Gasteiger charge is -2.20. The lowest BCUT2D eigenvalue weighted by Crippen LogP contribution is -2.46. The number of esters is 1. The summed E-state index contributed by atoms with van der Waals surface area (Å²) in [6.45, 7) is 3.53. The van der Waals surface area contributed by atoms with Crippen LogP contribution in [0.15, 0.2) is 30.3 Å². The Morgan fingerprint density at radius 1 is 1.33 bits per heavy atom. The first-order valence-electron chi connectivity index (χ1n) is 7.24. The van der Waals surface area contributed by atoms with Gasteiger partial charge >= 0.3 is 5.97 Å². The molecule has 1 amide bonds. The highest BCUT2D eigenvalue weighted by Gasteiger charge is 2.32. The number of nitrogens with one attached hydrogen (secondary N) is 2. The molecule has 2 N–H and O–H groups in total. The molecule has 0 radical (unpaired) electrons. The van der Waals surface area contributed by atoms with Crippen molar-refractivity contribution in [3.63, 3.8) is 0 Å². The third kappa shape index (κ3) is 4.04. The molecule has 0 aliphatic carbocycles. The molecule has 0 saturated carbocycles. The van der Waals surface area contributed by atoms with Gasteiger partial charge in [0, 0.05) is 13.0 Å². The van der Waals surface area contributed by atoms with E-state index < -0.39 is 12.0 Å². The summed E-state index contributed by atoms with van der Waals surface area (Å²) in [6, 6.07) is 8.96. The summed E-state index contributed by atoms with van der Waals surface area (Å²) in [7, 11) is 1.34. The molecule has 1 aliphatic heterocycles. The number of hydrogen-bond donors (Lipinski definition) is 2. The summed E-state index contributed by atoms with van der Waals surface area (Å²) < 4.78 is 4.81. The van der Waals surface area contributed by atoms with Gasteiger partial charge in [-0.3, -0.25) is 4.79 Å². The largest absolute Gasteiger partial charge is 0.467 e. The Bertz CT molecular complexity index is 490. The molecule has 0 bridgehead atoms. The van der Waals surface area contributed by atoms with Gasteiger partial charge in [0.2, 0.25) is 5.91 Å². The van der Waals surface area contributed by atoms with Gasteiger partial charge in [-0.25, -0.2) is 4.79 Å². The lowest BCUT2D eigenvalue weighted by atomic mass is 9.96. The Labute approximate surface area is 125 Å². The molecule has 1 aromatic rings. The van der Waals surface area contributed by atoms with E-state index in [-0.39, 0.29) is 17.7 Å². The maximum absolute atomic E-state index is 12.3. The van der Waals surface area contributed by atoms with Gasteiger partial charge in [0.25, 0.3) is 0 Å². The highest BCUT2D eigenvalue weighted by atomic mass is 16.5. The van der Waals surface area contributed by atoms with E-state index in [0.29, 0.717) is 13.0 Å². The van der Waals surface area contributed by atoms with Crippen LogP contribution in [0.25, 0.3) is 0 Å². The summed E-state index contributed by atoms with van der Waals surface area (Å²) in [4.78, 5) is 24.2. The van der Waals surface area contributed by atoms with Crippen LogP contribution in [0, 0.1) is 11.8 Å². The minimum Gasteiger partial charge on any atom is -0.467 e. The van der Waals surface area contributed by atoms with Crippen molar-refractivity contribution < 1.29 is 14.3 Å². The maximum Gasteiger partial charge on any atom is 0.328 e. The molecule has 3 unspecified atom stereocenters. The Kier molecular flexibility index (Phi) is 5.33. The van der Waals surface area contributed by atoms with Crippen LogP contribution in [0.3, 0.4) is 0 Å².